The van der Waals surface area contributed by atoms with E-state index >= 15 is 0 Å². The van der Waals surface area contributed by atoms with E-state index in [1.807, 2.05) is 30.0 Å². The van der Waals surface area contributed by atoms with Crippen LogP contribution >= 0.6 is 11.8 Å². The summed E-state index contributed by atoms with van der Waals surface area (Å²) in [5.41, 5.74) is -0.161. The van der Waals surface area contributed by atoms with Gasteiger partial charge in [0.1, 0.15) is 11.6 Å². The van der Waals surface area contributed by atoms with Crippen LogP contribution in [0.15, 0.2) is 46.1 Å². The van der Waals surface area contributed by atoms with E-state index in [0.717, 1.165) is 50.0 Å². The summed E-state index contributed by atoms with van der Waals surface area (Å²) < 4.78 is 5.39. The first-order chi connectivity index (χ1) is 11.8. The van der Waals surface area contributed by atoms with E-state index in [9.17, 15) is 4.79 Å². The number of para-hydroxylation sites is 1. The van der Waals surface area contributed by atoms with Gasteiger partial charge in [-0.1, -0.05) is 12.1 Å². The van der Waals surface area contributed by atoms with Gasteiger partial charge in [-0.15, -0.1) is 11.8 Å². The molecule has 7 heteroatoms. The van der Waals surface area contributed by atoms with Gasteiger partial charge in [-0.25, -0.2) is 5.10 Å². The zero-order valence-corrected chi connectivity index (χ0v) is 14.6. The fourth-order valence-electron chi connectivity index (χ4n) is 2.74. The van der Waals surface area contributed by atoms with Gasteiger partial charge in [0.2, 0.25) is 0 Å². The summed E-state index contributed by atoms with van der Waals surface area (Å²) >= 11 is 1.83. The van der Waals surface area contributed by atoms with E-state index in [0.29, 0.717) is 0 Å². The van der Waals surface area contributed by atoms with Crippen LogP contribution in [0.25, 0.3) is 0 Å². The third-order valence-corrected chi connectivity index (χ3v) is 5.13. The molecule has 1 aromatic carbocycles. The van der Waals surface area contributed by atoms with Crippen molar-refractivity contribution in [1.29, 1.82) is 0 Å². The summed E-state index contributed by atoms with van der Waals surface area (Å²) in [5, 5.41) is 6.60. The van der Waals surface area contributed by atoms with Crippen molar-refractivity contribution in [3.63, 3.8) is 0 Å². The number of thioether (sulfide) groups is 1. The van der Waals surface area contributed by atoms with Crippen LogP contribution in [-0.2, 0) is 0 Å². The Morgan fingerprint density at radius 1 is 1.17 bits per heavy atom. The zero-order valence-electron chi connectivity index (χ0n) is 13.8. The summed E-state index contributed by atoms with van der Waals surface area (Å²) in [5.74, 6) is 2.83. The molecule has 1 aliphatic rings. The molecule has 1 aromatic heterocycles. The molecule has 0 unspecified atom stereocenters. The molecule has 6 nitrogen and oxygen atoms in total. The van der Waals surface area contributed by atoms with Gasteiger partial charge in [0.05, 0.1) is 7.11 Å². The fourth-order valence-corrected chi connectivity index (χ4v) is 3.77. The molecule has 1 saturated heterocycles. The lowest BCUT2D eigenvalue weighted by molar-refractivity contribution is 0.272. The molecule has 24 heavy (non-hydrogen) atoms. The Bertz CT molecular complexity index is 693. The molecule has 2 aromatic rings. The summed E-state index contributed by atoms with van der Waals surface area (Å²) in [6.45, 7) is 4.92. The molecule has 1 fully saturated rings. The molecule has 0 atom stereocenters. The highest BCUT2D eigenvalue weighted by Gasteiger charge is 2.18. The van der Waals surface area contributed by atoms with Crippen molar-refractivity contribution in [3.8, 4) is 5.75 Å². The largest absolute Gasteiger partial charge is 0.496 e. The highest BCUT2D eigenvalue weighted by atomic mass is 32.2. The maximum absolute atomic E-state index is 11.1. The number of piperazine rings is 1. The Labute approximate surface area is 145 Å². The average Bonchev–Trinajstić information content (AvgIpc) is 2.63. The first kappa shape index (κ1) is 16.9. The van der Waals surface area contributed by atoms with Crippen LogP contribution in [0.5, 0.6) is 5.75 Å². The number of hydrogen-bond donors (Lipinski definition) is 1. The number of aromatic nitrogens is 2. The monoisotopic (exact) mass is 346 g/mol. The number of anilines is 1. The van der Waals surface area contributed by atoms with Crippen LogP contribution in [0.2, 0.25) is 0 Å². The predicted octanol–water partition coefficient (Wildman–Crippen LogP) is 1.69. The van der Waals surface area contributed by atoms with Crippen molar-refractivity contribution in [2.45, 2.75) is 4.90 Å². The number of nitrogens with one attached hydrogen (secondary N) is 1. The summed E-state index contributed by atoms with van der Waals surface area (Å²) in [6, 6.07) is 11.4. The summed E-state index contributed by atoms with van der Waals surface area (Å²) in [7, 11) is 1.71. The van der Waals surface area contributed by atoms with Gasteiger partial charge < -0.3 is 9.64 Å². The summed E-state index contributed by atoms with van der Waals surface area (Å²) in [6.07, 6.45) is 0. The number of hydrogen-bond acceptors (Lipinski definition) is 6. The molecule has 0 bridgehead atoms. The van der Waals surface area contributed by atoms with Gasteiger partial charge in [-0.2, -0.15) is 5.10 Å². The van der Waals surface area contributed by atoms with Crippen LogP contribution in [0.1, 0.15) is 0 Å². The highest BCUT2D eigenvalue weighted by molar-refractivity contribution is 7.99. The molecule has 1 N–H and O–H groups in total. The Balaban J connectivity index is 1.44. The third-order valence-electron chi connectivity index (χ3n) is 4.09. The average molecular weight is 346 g/mol. The van der Waals surface area contributed by atoms with Crippen molar-refractivity contribution >= 4 is 17.6 Å². The Morgan fingerprint density at radius 3 is 2.67 bits per heavy atom. The number of methoxy groups -OCH3 is 1. The number of aromatic amines is 1. The van der Waals surface area contributed by atoms with Crippen molar-refractivity contribution in [2.75, 3.05) is 50.5 Å². The number of benzene rings is 1. The van der Waals surface area contributed by atoms with Crippen molar-refractivity contribution in [2.24, 2.45) is 0 Å². The third kappa shape index (κ3) is 4.30. The minimum atomic E-state index is -0.161. The summed E-state index contributed by atoms with van der Waals surface area (Å²) in [4.78, 5) is 16.9. The minimum absolute atomic E-state index is 0.161. The quantitative estimate of drug-likeness (QED) is 0.803. The maximum atomic E-state index is 11.1. The maximum Gasteiger partial charge on any atom is 0.264 e. The minimum Gasteiger partial charge on any atom is -0.496 e. The van der Waals surface area contributed by atoms with E-state index in [4.69, 9.17) is 4.74 Å². The molecule has 128 valence electrons. The topological polar surface area (TPSA) is 61.5 Å². The lowest BCUT2D eigenvalue weighted by atomic mass is 10.3. The second-order valence-corrected chi connectivity index (χ2v) is 6.74. The molecule has 1 aliphatic heterocycles. The number of nitrogens with zero attached hydrogens (tertiary/aromatic N) is 3. The van der Waals surface area contributed by atoms with E-state index in [1.165, 1.54) is 11.0 Å². The molecule has 0 amide bonds. The molecule has 0 aliphatic carbocycles. The normalized spacial score (nSPS) is 15.5. The highest BCUT2D eigenvalue weighted by Crippen LogP contribution is 2.28. The first-order valence-electron chi connectivity index (χ1n) is 8.05. The number of H-pyrrole nitrogens is 1. The predicted molar refractivity (Wildman–Crippen MR) is 97.2 cm³/mol. The number of ether oxygens (including phenoxy) is 1. The SMILES string of the molecule is COc1ccccc1SCCN1CCN(c2ccc(=O)[nH]n2)CC1. The second kappa shape index (κ2) is 8.21. The van der Waals surface area contributed by atoms with Crippen molar-refractivity contribution in [3.05, 3.63) is 46.8 Å². The molecule has 0 spiro atoms. The number of rotatable bonds is 6. The lowest BCUT2D eigenvalue weighted by Gasteiger charge is -2.35. The van der Waals surface area contributed by atoms with Crippen LogP contribution in [0, 0.1) is 0 Å². The van der Waals surface area contributed by atoms with Gasteiger partial charge in [0, 0.05) is 49.4 Å². The molecular formula is C17H22N4O2S. The van der Waals surface area contributed by atoms with Crippen molar-refractivity contribution in [1.82, 2.24) is 15.1 Å². The van der Waals surface area contributed by atoms with Crippen LogP contribution in [0.4, 0.5) is 5.82 Å². The molecular weight excluding hydrogens is 324 g/mol. The van der Waals surface area contributed by atoms with Gasteiger partial charge in [0.25, 0.3) is 5.56 Å². The van der Waals surface area contributed by atoms with Gasteiger partial charge in [-0.3, -0.25) is 9.69 Å². The van der Waals surface area contributed by atoms with Crippen LogP contribution < -0.4 is 15.2 Å². The molecule has 3 rings (SSSR count). The van der Waals surface area contributed by atoms with Crippen molar-refractivity contribution < 1.29 is 4.74 Å². The smallest absolute Gasteiger partial charge is 0.264 e. The van der Waals surface area contributed by atoms with E-state index in [-0.39, 0.29) is 5.56 Å². The Hall–Kier alpha value is -1.99. The van der Waals surface area contributed by atoms with Crippen LogP contribution in [-0.4, -0.2) is 60.7 Å². The van der Waals surface area contributed by atoms with Gasteiger partial charge >= 0.3 is 0 Å². The Morgan fingerprint density at radius 2 is 1.96 bits per heavy atom. The lowest BCUT2D eigenvalue weighted by Crippen LogP contribution is -2.47. The van der Waals surface area contributed by atoms with E-state index < -0.39 is 0 Å². The standard InChI is InChI=1S/C17H22N4O2S/c1-23-14-4-2-3-5-15(14)24-13-12-20-8-10-21(11-9-20)16-6-7-17(22)19-18-16/h2-7H,8-13H2,1H3,(H,19,22). The molecule has 2 heterocycles. The zero-order chi connectivity index (χ0) is 16.8. The van der Waals surface area contributed by atoms with E-state index in [1.54, 1.807) is 13.2 Å². The van der Waals surface area contributed by atoms with E-state index in [2.05, 4.69) is 26.1 Å². The second-order valence-electron chi connectivity index (χ2n) is 5.61. The van der Waals surface area contributed by atoms with Gasteiger partial charge in [-0.05, 0) is 18.2 Å². The van der Waals surface area contributed by atoms with Gasteiger partial charge in [0.15, 0.2) is 0 Å². The Kier molecular flexibility index (Phi) is 5.77. The van der Waals surface area contributed by atoms with Crippen LogP contribution in [0.3, 0.4) is 0 Å². The molecule has 0 saturated carbocycles. The fraction of sp³-hybridized carbons (Fsp3) is 0.412. The molecule has 0 radical (unpaired) electrons. The first-order valence-corrected chi connectivity index (χ1v) is 9.03.